The third-order valence-electron chi connectivity index (χ3n) is 3.46. The molecule has 0 aromatic heterocycles. The molecule has 2 N–H and O–H groups in total. The van der Waals surface area contributed by atoms with Gasteiger partial charge >= 0.3 is 12.1 Å². The van der Waals surface area contributed by atoms with Crippen LogP contribution in [0, 0.1) is 12.8 Å². The van der Waals surface area contributed by atoms with Crippen molar-refractivity contribution in [2.75, 3.05) is 27.3 Å². The predicted octanol–water partition coefficient (Wildman–Crippen LogP) is 3.03. The number of halogens is 4. The van der Waals surface area contributed by atoms with Crippen molar-refractivity contribution in [1.82, 2.24) is 10.6 Å². The molecule has 1 aromatic rings. The first kappa shape index (κ1) is 25.3. The van der Waals surface area contributed by atoms with E-state index in [1.54, 1.807) is 39.1 Å². The Hall–Kier alpha value is -1.72. The van der Waals surface area contributed by atoms with Crippen molar-refractivity contribution < 1.29 is 27.4 Å². The zero-order valence-corrected chi connectivity index (χ0v) is 18.0. The molecule has 1 unspecified atom stereocenters. The van der Waals surface area contributed by atoms with Gasteiger partial charge in [0.15, 0.2) is 12.6 Å². The summed E-state index contributed by atoms with van der Waals surface area (Å²) in [6.07, 6.45) is -4.41. The number of carbonyl (C=O) groups excluding carboxylic acids is 1. The maximum absolute atomic E-state index is 12.4. The van der Waals surface area contributed by atoms with Gasteiger partial charge in [-0.3, -0.25) is 9.79 Å². The number of carbonyl (C=O) groups is 1. The number of hydrogen-bond acceptors (Lipinski definition) is 4. The third-order valence-corrected chi connectivity index (χ3v) is 3.46. The van der Waals surface area contributed by atoms with Crippen LogP contribution in [0.5, 0.6) is 5.75 Å². The molecule has 0 aliphatic rings. The summed E-state index contributed by atoms with van der Waals surface area (Å²) in [4.78, 5) is 15.4. The quantitative estimate of drug-likeness (QED) is 0.259. The Morgan fingerprint density at radius 2 is 1.96 bits per heavy atom. The fraction of sp³-hybridized carbons (Fsp3) is 0.529. The van der Waals surface area contributed by atoms with E-state index in [2.05, 4.69) is 20.4 Å². The predicted molar refractivity (Wildman–Crippen MR) is 108 cm³/mol. The van der Waals surface area contributed by atoms with Crippen LogP contribution in [0.3, 0.4) is 0 Å². The molecule has 0 aliphatic heterocycles. The van der Waals surface area contributed by atoms with E-state index in [4.69, 9.17) is 4.74 Å². The SMILES string of the molecule is CN=C(NCc1ccc(C)cc1OCC(F)(F)F)NCC(C)C(=O)OC.I. The zero-order valence-electron chi connectivity index (χ0n) is 15.6. The number of nitrogens with zero attached hydrogens (tertiary/aromatic N) is 1. The van der Waals surface area contributed by atoms with Gasteiger partial charge in [0.1, 0.15) is 5.75 Å². The number of benzene rings is 1. The van der Waals surface area contributed by atoms with E-state index in [9.17, 15) is 18.0 Å². The highest BCUT2D eigenvalue weighted by Crippen LogP contribution is 2.23. The van der Waals surface area contributed by atoms with E-state index in [0.29, 0.717) is 18.1 Å². The molecule has 0 bridgehead atoms. The van der Waals surface area contributed by atoms with Crippen LogP contribution in [0.15, 0.2) is 23.2 Å². The van der Waals surface area contributed by atoms with E-state index < -0.39 is 12.8 Å². The van der Waals surface area contributed by atoms with Crippen LogP contribution in [-0.4, -0.2) is 45.4 Å². The van der Waals surface area contributed by atoms with E-state index >= 15 is 0 Å². The first-order chi connectivity index (χ1) is 12.2. The van der Waals surface area contributed by atoms with Gasteiger partial charge in [-0.1, -0.05) is 19.1 Å². The van der Waals surface area contributed by atoms with Crippen LogP contribution in [0.4, 0.5) is 13.2 Å². The first-order valence-corrected chi connectivity index (χ1v) is 7.97. The molecule has 1 aromatic carbocycles. The Bertz CT molecular complexity index is 640. The highest BCUT2D eigenvalue weighted by Gasteiger charge is 2.28. The minimum Gasteiger partial charge on any atom is -0.484 e. The number of guanidine groups is 1. The summed E-state index contributed by atoms with van der Waals surface area (Å²) in [5.41, 5.74) is 1.35. The lowest BCUT2D eigenvalue weighted by Crippen LogP contribution is -2.40. The fourth-order valence-corrected chi connectivity index (χ4v) is 2.04. The normalized spacial score (nSPS) is 12.6. The lowest BCUT2D eigenvalue weighted by atomic mass is 10.1. The Morgan fingerprint density at radius 1 is 1.30 bits per heavy atom. The molecule has 0 spiro atoms. The summed E-state index contributed by atoms with van der Waals surface area (Å²) >= 11 is 0. The van der Waals surface area contributed by atoms with Crippen LogP contribution in [0.2, 0.25) is 0 Å². The topological polar surface area (TPSA) is 72.0 Å². The summed E-state index contributed by atoms with van der Waals surface area (Å²) in [7, 11) is 2.86. The number of methoxy groups -OCH3 is 1. The largest absolute Gasteiger partial charge is 0.484 e. The maximum Gasteiger partial charge on any atom is 0.422 e. The van der Waals surface area contributed by atoms with Crippen molar-refractivity contribution >= 4 is 35.9 Å². The third kappa shape index (κ3) is 9.68. The lowest BCUT2D eigenvalue weighted by Gasteiger charge is -2.17. The highest BCUT2D eigenvalue weighted by atomic mass is 127. The first-order valence-electron chi connectivity index (χ1n) is 7.97. The van der Waals surface area contributed by atoms with Gasteiger partial charge in [-0.05, 0) is 18.6 Å². The number of ether oxygens (including phenoxy) is 2. The van der Waals surface area contributed by atoms with Crippen molar-refractivity contribution in [3.8, 4) is 5.75 Å². The molecule has 154 valence electrons. The molecule has 0 saturated heterocycles. The van der Waals surface area contributed by atoms with Gasteiger partial charge in [-0.2, -0.15) is 13.2 Å². The molecule has 0 radical (unpaired) electrons. The fourth-order valence-electron chi connectivity index (χ4n) is 2.04. The van der Waals surface area contributed by atoms with Crippen LogP contribution in [-0.2, 0) is 16.1 Å². The monoisotopic (exact) mass is 503 g/mol. The highest BCUT2D eigenvalue weighted by molar-refractivity contribution is 14.0. The van der Waals surface area contributed by atoms with E-state index in [1.807, 2.05) is 0 Å². The van der Waals surface area contributed by atoms with E-state index in [1.165, 1.54) is 7.11 Å². The van der Waals surface area contributed by atoms with Crippen molar-refractivity contribution in [2.24, 2.45) is 10.9 Å². The molecular formula is C17H25F3IN3O3. The number of aliphatic imine (C=N–C) groups is 1. The molecule has 0 heterocycles. The Balaban J connectivity index is 0.00000676. The minimum absolute atomic E-state index is 0. The standard InChI is InChI=1S/C17H24F3N3O3.HI/c1-11-5-6-13(14(7-11)26-10-17(18,19)20)9-23-16(21-3)22-8-12(2)15(24)25-4;/h5-7,12H,8-10H2,1-4H3,(H2,21,22,23);1H. The van der Waals surface area contributed by atoms with Gasteiger partial charge in [0.2, 0.25) is 0 Å². The second-order valence-corrected chi connectivity index (χ2v) is 5.75. The summed E-state index contributed by atoms with van der Waals surface area (Å²) in [6, 6.07) is 5.03. The molecule has 0 saturated carbocycles. The van der Waals surface area contributed by atoms with Crippen molar-refractivity contribution in [3.05, 3.63) is 29.3 Å². The summed E-state index contributed by atoms with van der Waals surface area (Å²) in [6.45, 7) is 2.63. The number of esters is 1. The van der Waals surface area contributed by atoms with Gasteiger partial charge in [-0.25, -0.2) is 0 Å². The maximum atomic E-state index is 12.4. The van der Waals surface area contributed by atoms with Gasteiger partial charge < -0.3 is 20.1 Å². The molecular weight excluding hydrogens is 478 g/mol. The zero-order chi connectivity index (χ0) is 19.7. The van der Waals surface area contributed by atoms with Crippen LogP contribution in [0.1, 0.15) is 18.1 Å². The van der Waals surface area contributed by atoms with Gasteiger partial charge in [0.05, 0.1) is 13.0 Å². The molecule has 27 heavy (non-hydrogen) atoms. The van der Waals surface area contributed by atoms with Crippen molar-refractivity contribution in [1.29, 1.82) is 0 Å². The van der Waals surface area contributed by atoms with Crippen LogP contribution >= 0.6 is 24.0 Å². The summed E-state index contributed by atoms with van der Waals surface area (Å²) in [5, 5.41) is 5.94. The molecule has 0 fully saturated rings. The van der Waals surface area contributed by atoms with Crippen molar-refractivity contribution in [2.45, 2.75) is 26.6 Å². The van der Waals surface area contributed by atoms with Gasteiger partial charge in [-0.15, -0.1) is 24.0 Å². The molecule has 0 amide bonds. The Kier molecular flexibility index (Phi) is 11.1. The second kappa shape index (κ2) is 11.9. The van der Waals surface area contributed by atoms with Gasteiger partial charge in [0.25, 0.3) is 0 Å². The molecule has 1 atom stereocenters. The second-order valence-electron chi connectivity index (χ2n) is 5.75. The van der Waals surface area contributed by atoms with Crippen molar-refractivity contribution in [3.63, 3.8) is 0 Å². The number of nitrogens with one attached hydrogen (secondary N) is 2. The molecule has 1 rings (SSSR count). The average molecular weight is 503 g/mol. The molecule has 10 heteroatoms. The smallest absolute Gasteiger partial charge is 0.422 e. The number of aryl methyl sites for hydroxylation is 1. The number of rotatable bonds is 7. The molecule has 0 aliphatic carbocycles. The summed E-state index contributed by atoms with van der Waals surface area (Å²) in [5.74, 6) is -0.158. The van der Waals surface area contributed by atoms with E-state index in [0.717, 1.165) is 5.56 Å². The number of alkyl halides is 3. The minimum atomic E-state index is -4.41. The Morgan fingerprint density at radius 3 is 2.52 bits per heavy atom. The average Bonchev–Trinajstić information content (AvgIpc) is 2.59. The van der Waals surface area contributed by atoms with Crippen LogP contribution < -0.4 is 15.4 Å². The number of hydrogen-bond donors (Lipinski definition) is 2. The van der Waals surface area contributed by atoms with Gasteiger partial charge in [0, 0.05) is 25.7 Å². The summed E-state index contributed by atoms with van der Waals surface area (Å²) < 4.78 is 46.8. The van der Waals surface area contributed by atoms with Crippen LogP contribution in [0.25, 0.3) is 0 Å². The lowest BCUT2D eigenvalue weighted by molar-refractivity contribution is -0.153. The molecule has 6 nitrogen and oxygen atoms in total. The van der Waals surface area contributed by atoms with E-state index in [-0.39, 0.29) is 48.2 Å². The Labute approximate surface area is 173 Å².